The van der Waals surface area contributed by atoms with Crippen LogP contribution in [0.5, 0.6) is 0 Å². The molecule has 0 atom stereocenters. The zero-order chi connectivity index (χ0) is 47.3. The number of nitrogens with zero attached hydrogens (tertiary/aromatic N) is 2. The second-order valence-corrected chi connectivity index (χ2v) is 19.7. The maximum absolute atomic E-state index is 11.3. The van der Waals surface area contributed by atoms with E-state index in [0.29, 0.717) is 0 Å². The third kappa shape index (κ3) is 33.6. The largest absolute Gasteiger partial charge is 2.00 e. The van der Waals surface area contributed by atoms with Crippen LogP contribution in [0.15, 0.2) is 60.2 Å². The Morgan fingerprint density at radius 2 is 0.697 bits per heavy atom. The molecule has 0 aromatic heterocycles. The van der Waals surface area contributed by atoms with Crippen LogP contribution in [0.3, 0.4) is 0 Å². The fraction of sp³-hybridized carbons (Fsp3) is 0.714. The molecule has 0 amide bonds. The van der Waals surface area contributed by atoms with Crippen molar-refractivity contribution in [1.29, 1.82) is 0 Å². The molecule has 1 aliphatic rings. The quantitative estimate of drug-likeness (QED) is 0.0275. The van der Waals surface area contributed by atoms with Gasteiger partial charge in [-0.1, -0.05) is 264 Å². The van der Waals surface area contributed by atoms with Gasteiger partial charge in [-0.25, -0.2) is 4.70 Å². The van der Waals surface area contributed by atoms with Crippen molar-refractivity contribution in [2.24, 2.45) is 0 Å². The minimum absolute atomic E-state index is 0. The van der Waals surface area contributed by atoms with Gasteiger partial charge < -0.3 is 19.4 Å². The van der Waals surface area contributed by atoms with E-state index in [4.69, 9.17) is 0 Å². The van der Waals surface area contributed by atoms with E-state index < -0.39 is 0 Å². The molecule has 2 nitrogen and oxygen atoms in total. The summed E-state index contributed by atoms with van der Waals surface area (Å²) >= 11 is 0. The van der Waals surface area contributed by atoms with Gasteiger partial charge in [-0.15, -0.1) is 0 Å². The standard InChI is InChI=1S/C29H38N2.2C17H35.Pd/c1-4-7-10-14-24-16-12-19-26(21-24)29-27(17-9-6-3)22-28(31(29)30)25-18-11-15-23(20-25)13-8-5-2;2*1-3-5-7-9-11-13-15-17-16-14-12-10-8-6-4-2;/h11-12,15-16,18-22H,4-10,13-14,17H2,1-3H3;2*1,3-17H2,2H3;/q;2*-1;+2. The molecule has 0 N–H and O–H groups in total. The average Bonchev–Trinajstić information content (AvgIpc) is 3.66. The molecule has 2 aromatic rings. The van der Waals surface area contributed by atoms with Gasteiger partial charge in [-0.3, -0.25) is 0 Å². The minimum atomic E-state index is 0. The first-order chi connectivity index (χ1) is 32.0. The molecule has 0 radical (unpaired) electrons. The SMILES string of the molecule is CCCCCc1cccc(C2=C(CCCC)C=C(c3cccc(CCCC)c3)[N+]2=[N-])c1.[CH2-]CCCCCCCCCCCCCCCC.[CH2-]CCCCCCCCCCCCCCCC.[Pd+2]. The third-order valence-corrected chi connectivity index (χ3v) is 13.4. The topological polar surface area (TPSA) is 25.3 Å². The molecule has 0 aliphatic carbocycles. The molecule has 0 bridgehead atoms. The average molecular weight is 1000 g/mol. The Hall–Kier alpha value is -1.82. The number of allylic oxidation sites excluding steroid dienone is 2. The molecule has 1 aliphatic heterocycles. The van der Waals surface area contributed by atoms with Gasteiger partial charge in [0, 0.05) is 22.8 Å². The predicted molar refractivity (Wildman–Crippen MR) is 293 cm³/mol. The van der Waals surface area contributed by atoms with Crippen LogP contribution >= 0.6 is 0 Å². The number of hydrogen-bond acceptors (Lipinski definition) is 0. The fourth-order valence-electron chi connectivity index (χ4n) is 9.09. The number of aryl methyl sites for hydroxylation is 2. The summed E-state index contributed by atoms with van der Waals surface area (Å²) in [6.07, 6.45) is 56.4. The number of hydrogen-bond donors (Lipinski definition) is 0. The van der Waals surface area contributed by atoms with Gasteiger partial charge in [0.25, 0.3) is 0 Å². The minimum Gasteiger partial charge on any atom is -0.493 e. The Morgan fingerprint density at radius 3 is 1.09 bits per heavy atom. The first-order valence-corrected chi connectivity index (χ1v) is 28.7. The van der Waals surface area contributed by atoms with Crippen molar-refractivity contribution in [3.63, 3.8) is 0 Å². The van der Waals surface area contributed by atoms with Crippen molar-refractivity contribution in [2.45, 2.75) is 291 Å². The number of unbranched alkanes of at least 4 members (excludes halogenated alkanes) is 32. The molecule has 0 saturated carbocycles. The molecule has 3 heteroatoms. The smallest absolute Gasteiger partial charge is 0.493 e. The summed E-state index contributed by atoms with van der Waals surface area (Å²) in [6.45, 7) is 19.0. The van der Waals surface area contributed by atoms with Crippen LogP contribution in [0.25, 0.3) is 16.9 Å². The molecule has 3 rings (SSSR count). The Kier molecular flexibility index (Phi) is 46.9. The summed E-state index contributed by atoms with van der Waals surface area (Å²) in [5, 5.41) is 0. The van der Waals surface area contributed by atoms with Crippen LogP contribution in [0.4, 0.5) is 0 Å². The molecular weight excluding hydrogens is 891 g/mol. The molecule has 0 fully saturated rings. The van der Waals surface area contributed by atoms with E-state index in [1.165, 1.54) is 233 Å². The first-order valence-electron chi connectivity index (χ1n) is 28.7. The molecular formula is C63H108N2Pd. The van der Waals surface area contributed by atoms with Gasteiger partial charge in [0.2, 0.25) is 11.4 Å². The monoisotopic (exact) mass is 999 g/mol. The molecule has 0 unspecified atom stereocenters. The maximum atomic E-state index is 11.3. The molecule has 2 aromatic carbocycles. The van der Waals surface area contributed by atoms with Crippen molar-refractivity contribution in [3.05, 3.63) is 102 Å². The summed E-state index contributed by atoms with van der Waals surface area (Å²) in [7, 11) is 0. The third-order valence-electron chi connectivity index (χ3n) is 13.4. The molecule has 0 saturated heterocycles. The van der Waals surface area contributed by atoms with Gasteiger partial charge in [-0.05, 0) is 73.9 Å². The van der Waals surface area contributed by atoms with Gasteiger partial charge in [0.1, 0.15) is 0 Å². The number of benzene rings is 2. The molecule has 0 spiro atoms. The van der Waals surface area contributed by atoms with Crippen LogP contribution in [0, 0.1) is 13.8 Å². The second-order valence-electron chi connectivity index (χ2n) is 19.7. The first kappa shape index (κ1) is 64.2. The van der Waals surface area contributed by atoms with E-state index in [1.54, 1.807) is 0 Å². The van der Waals surface area contributed by atoms with Crippen molar-refractivity contribution in [2.75, 3.05) is 0 Å². The zero-order valence-electron chi connectivity index (χ0n) is 44.6. The van der Waals surface area contributed by atoms with E-state index in [2.05, 4.69) is 103 Å². The van der Waals surface area contributed by atoms with Gasteiger partial charge in [-0.2, -0.15) is 12.8 Å². The maximum Gasteiger partial charge on any atom is 2.00 e. The van der Waals surface area contributed by atoms with E-state index in [9.17, 15) is 5.53 Å². The van der Waals surface area contributed by atoms with Crippen LogP contribution in [-0.2, 0) is 33.3 Å². The fourth-order valence-corrected chi connectivity index (χ4v) is 9.09. The van der Waals surface area contributed by atoms with Crippen LogP contribution < -0.4 is 0 Å². The van der Waals surface area contributed by atoms with E-state index in [1.807, 2.05) is 0 Å². The Balaban J connectivity index is 0.00000104. The van der Waals surface area contributed by atoms with E-state index in [0.717, 1.165) is 67.5 Å². The zero-order valence-corrected chi connectivity index (χ0v) is 46.2. The molecule has 1 heterocycles. The molecule has 380 valence electrons. The van der Waals surface area contributed by atoms with Crippen molar-refractivity contribution < 1.29 is 25.1 Å². The summed E-state index contributed by atoms with van der Waals surface area (Å²) in [5.41, 5.74) is 19.3. The second kappa shape index (κ2) is 48.2. The summed E-state index contributed by atoms with van der Waals surface area (Å²) < 4.78 is 1.44. The Labute approximate surface area is 427 Å². The van der Waals surface area contributed by atoms with Gasteiger partial charge in [0.05, 0.1) is 0 Å². The molecule has 66 heavy (non-hydrogen) atoms. The van der Waals surface area contributed by atoms with Crippen LogP contribution in [0.2, 0.25) is 0 Å². The Bertz CT molecular complexity index is 1380. The Morgan fingerprint density at radius 1 is 0.379 bits per heavy atom. The van der Waals surface area contributed by atoms with Crippen molar-refractivity contribution >= 4 is 11.4 Å². The van der Waals surface area contributed by atoms with Crippen LogP contribution in [0.1, 0.15) is 301 Å². The predicted octanol–water partition coefficient (Wildman–Crippen LogP) is 22.1. The summed E-state index contributed by atoms with van der Waals surface area (Å²) in [4.78, 5) is 0. The van der Waals surface area contributed by atoms with E-state index in [-0.39, 0.29) is 20.4 Å². The van der Waals surface area contributed by atoms with Crippen molar-refractivity contribution in [3.8, 4) is 0 Å². The number of rotatable bonds is 40. The van der Waals surface area contributed by atoms with Crippen LogP contribution in [-0.4, -0.2) is 4.70 Å². The van der Waals surface area contributed by atoms with Crippen molar-refractivity contribution in [1.82, 2.24) is 0 Å². The normalized spacial score (nSPS) is 12.1. The van der Waals surface area contributed by atoms with Gasteiger partial charge in [0.15, 0.2) is 0 Å². The summed E-state index contributed by atoms with van der Waals surface area (Å²) in [6, 6.07) is 17.4. The summed E-state index contributed by atoms with van der Waals surface area (Å²) in [5.74, 6) is 0. The van der Waals surface area contributed by atoms with E-state index >= 15 is 0 Å². The van der Waals surface area contributed by atoms with Gasteiger partial charge >= 0.3 is 20.4 Å².